The molecule has 4 nitrogen and oxygen atoms in total. The maximum Gasteiger partial charge on any atom is 0.335 e. The molecular formula is C13H12N2O2. The van der Waals surface area contributed by atoms with Gasteiger partial charge in [0.1, 0.15) is 0 Å². The number of pyridine rings is 1. The summed E-state index contributed by atoms with van der Waals surface area (Å²) in [6.07, 6.45) is 3.50. The fourth-order valence-corrected chi connectivity index (χ4v) is 1.49. The van der Waals surface area contributed by atoms with Crippen LogP contribution in [-0.4, -0.2) is 16.1 Å². The van der Waals surface area contributed by atoms with Crippen molar-refractivity contribution in [3.63, 3.8) is 0 Å². The maximum atomic E-state index is 10.7. The SMILES string of the molecule is Cc1cncc(Nc2ccc(C(=O)O)cc2)c1. The predicted octanol–water partition coefficient (Wildman–Crippen LogP) is 2.83. The van der Waals surface area contributed by atoms with Gasteiger partial charge in [-0.15, -0.1) is 0 Å². The highest BCUT2D eigenvalue weighted by atomic mass is 16.4. The second-order valence-corrected chi connectivity index (χ2v) is 3.76. The van der Waals surface area contributed by atoms with E-state index in [9.17, 15) is 4.79 Å². The van der Waals surface area contributed by atoms with Crippen molar-refractivity contribution in [1.29, 1.82) is 0 Å². The van der Waals surface area contributed by atoms with Crippen molar-refractivity contribution in [3.8, 4) is 0 Å². The van der Waals surface area contributed by atoms with Crippen LogP contribution in [0.5, 0.6) is 0 Å². The number of carboxylic acid groups (broad SMARTS) is 1. The molecule has 0 spiro atoms. The molecule has 0 bridgehead atoms. The summed E-state index contributed by atoms with van der Waals surface area (Å²) in [7, 11) is 0. The largest absolute Gasteiger partial charge is 0.478 e. The van der Waals surface area contributed by atoms with Crippen LogP contribution >= 0.6 is 0 Å². The number of benzene rings is 1. The summed E-state index contributed by atoms with van der Waals surface area (Å²) < 4.78 is 0. The van der Waals surface area contributed by atoms with E-state index >= 15 is 0 Å². The van der Waals surface area contributed by atoms with E-state index < -0.39 is 5.97 Å². The third-order valence-electron chi connectivity index (χ3n) is 2.30. The van der Waals surface area contributed by atoms with Gasteiger partial charge in [-0.1, -0.05) is 0 Å². The summed E-state index contributed by atoms with van der Waals surface area (Å²) in [6.45, 7) is 1.96. The van der Waals surface area contributed by atoms with Crippen molar-refractivity contribution in [2.75, 3.05) is 5.32 Å². The van der Waals surface area contributed by atoms with Gasteiger partial charge in [-0.05, 0) is 42.8 Å². The first kappa shape index (κ1) is 11.1. The Morgan fingerprint density at radius 2 is 1.88 bits per heavy atom. The minimum atomic E-state index is -0.922. The van der Waals surface area contributed by atoms with Gasteiger partial charge in [-0.3, -0.25) is 4.98 Å². The van der Waals surface area contributed by atoms with Gasteiger partial charge in [0.15, 0.2) is 0 Å². The molecule has 17 heavy (non-hydrogen) atoms. The smallest absolute Gasteiger partial charge is 0.335 e. The summed E-state index contributed by atoms with van der Waals surface area (Å²) >= 11 is 0. The van der Waals surface area contributed by atoms with E-state index in [1.807, 2.05) is 13.0 Å². The predicted molar refractivity (Wildman–Crippen MR) is 65.7 cm³/mol. The fourth-order valence-electron chi connectivity index (χ4n) is 1.49. The molecule has 0 fully saturated rings. The van der Waals surface area contributed by atoms with Gasteiger partial charge >= 0.3 is 5.97 Å². The van der Waals surface area contributed by atoms with E-state index in [0.717, 1.165) is 16.9 Å². The van der Waals surface area contributed by atoms with E-state index in [0.29, 0.717) is 0 Å². The van der Waals surface area contributed by atoms with Gasteiger partial charge in [0.25, 0.3) is 0 Å². The first-order valence-electron chi connectivity index (χ1n) is 5.17. The normalized spacial score (nSPS) is 9.94. The van der Waals surface area contributed by atoms with E-state index in [4.69, 9.17) is 5.11 Å². The highest BCUT2D eigenvalue weighted by Crippen LogP contribution is 2.17. The number of nitrogens with one attached hydrogen (secondary N) is 1. The van der Waals surface area contributed by atoms with Gasteiger partial charge in [0.05, 0.1) is 17.4 Å². The zero-order valence-electron chi connectivity index (χ0n) is 9.34. The number of carboxylic acids is 1. The third kappa shape index (κ3) is 2.81. The number of aromatic nitrogens is 1. The Balaban J connectivity index is 2.16. The van der Waals surface area contributed by atoms with Crippen LogP contribution in [0.2, 0.25) is 0 Å². The molecule has 0 saturated heterocycles. The lowest BCUT2D eigenvalue weighted by Gasteiger charge is -2.06. The van der Waals surface area contributed by atoms with Crippen LogP contribution in [0, 0.1) is 6.92 Å². The summed E-state index contributed by atoms with van der Waals surface area (Å²) in [5.41, 5.74) is 3.06. The average molecular weight is 228 g/mol. The fraction of sp³-hybridized carbons (Fsp3) is 0.0769. The molecule has 0 unspecified atom stereocenters. The first-order chi connectivity index (χ1) is 8.15. The molecule has 1 aromatic heterocycles. The highest BCUT2D eigenvalue weighted by molar-refractivity contribution is 5.88. The molecule has 0 aliphatic rings. The summed E-state index contributed by atoms with van der Waals surface area (Å²) in [5.74, 6) is -0.922. The van der Waals surface area contributed by atoms with Gasteiger partial charge in [0, 0.05) is 11.9 Å². The maximum absolute atomic E-state index is 10.7. The lowest BCUT2D eigenvalue weighted by atomic mass is 10.2. The molecule has 86 valence electrons. The minimum absolute atomic E-state index is 0.276. The molecule has 1 aromatic carbocycles. The average Bonchev–Trinajstić information content (AvgIpc) is 2.29. The second kappa shape index (κ2) is 4.65. The Labute approximate surface area is 98.9 Å². The number of aryl methyl sites for hydroxylation is 1. The van der Waals surface area contributed by atoms with Crippen LogP contribution in [-0.2, 0) is 0 Å². The topological polar surface area (TPSA) is 62.2 Å². The van der Waals surface area contributed by atoms with Crippen LogP contribution in [0.25, 0.3) is 0 Å². The van der Waals surface area contributed by atoms with E-state index in [1.54, 1.807) is 36.7 Å². The molecule has 0 aliphatic carbocycles. The number of nitrogens with zero attached hydrogens (tertiary/aromatic N) is 1. The Morgan fingerprint density at radius 1 is 1.18 bits per heavy atom. The van der Waals surface area contributed by atoms with Gasteiger partial charge in [-0.25, -0.2) is 4.79 Å². The molecule has 0 aliphatic heterocycles. The van der Waals surface area contributed by atoms with Crippen LogP contribution < -0.4 is 5.32 Å². The number of anilines is 2. The second-order valence-electron chi connectivity index (χ2n) is 3.76. The lowest BCUT2D eigenvalue weighted by molar-refractivity contribution is 0.0697. The molecule has 0 radical (unpaired) electrons. The van der Waals surface area contributed by atoms with E-state index in [-0.39, 0.29) is 5.56 Å². The van der Waals surface area contributed by atoms with Gasteiger partial charge in [-0.2, -0.15) is 0 Å². The molecule has 2 rings (SSSR count). The van der Waals surface area contributed by atoms with Crippen LogP contribution in [0.3, 0.4) is 0 Å². The van der Waals surface area contributed by atoms with Gasteiger partial charge < -0.3 is 10.4 Å². The van der Waals surface area contributed by atoms with Gasteiger partial charge in [0.2, 0.25) is 0 Å². The molecule has 2 aromatic rings. The van der Waals surface area contributed by atoms with E-state index in [2.05, 4.69) is 10.3 Å². The molecule has 2 N–H and O–H groups in total. The van der Waals surface area contributed by atoms with Crippen LogP contribution in [0.1, 0.15) is 15.9 Å². The zero-order chi connectivity index (χ0) is 12.3. The highest BCUT2D eigenvalue weighted by Gasteiger charge is 2.01. The summed E-state index contributed by atoms with van der Waals surface area (Å²) in [4.78, 5) is 14.8. The quantitative estimate of drug-likeness (QED) is 0.847. The lowest BCUT2D eigenvalue weighted by Crippen LogP contribution is -1.96. The van der Waals surface area contributed by atoms with Crippen molar-refractivity contribution >= 4 is 17.3 Å². The Bertz CT molecular complexity index is 535. The van der Waals surface area contributed by atoms with E-state index in [1.165, 1.54) is 0 Å². The number of carbonyl (C=O) groups is 1. The molecule has 4 heteroatoms. The van der Waals surface area contributed by atoms with Crippen molar-refractivity contribution in [1.82, 2.24) is 4.98 Å². The monoisotopic (exact) mass is 228 g/mol. The Morgan fingerprint density at radius 3 is 2.47 bits per heavy atom. The number of aromatic carboxylic acids is 1. The molecule has 1 heterocycles. The van der Waals surface area contributed by atoms with Crippen LogP contribution in [0.4, 0.5) is 11.4 Å². The van der Waals surface area contributed by atoms with Crippen molar-refractivity contribution in [2.45, 2.75) is 6.92 Å². The van der Waals surface area contributed by atoms with Crippen molar-refractivity contribution < 1.29 is 9.90 Å². The molecule has 0 amide bonds. The minimum Gasteiger partial charge on any atom is -0.478 e. The van der Waals surface area contributed by atoms with Crippen molar-refractivity contribution in [3.05, 3.63) is 53.9 Å². The Hall–Kier alpha value is -2.36. The first-order valence-corrected chi connectivity index (χ1v) is 5.17. The molecule has 0 atom stereocenters. The summed E-state index contributed by atoms with van der Waals surface area (Å²) in [5, 5.41) is 11.9. The number of hydrogen-bond acceptors (Lipinski definition) is 3. The molecular weight excluding hydrogens is 216 g/mol. The summed E-state index contributed by atoms with van der Waals surface area (Å²) in [6, 6.07) is 8.55. The zero-order valence-corrected chi connectivity index (χ0v) is 9.34. The van der Waals surface area contributed by atoms with Crippen LogP contribution in [0.15, 0.2) is 42.7 Å². The standard InChI is InChI=1S/C13H12N2O2/c1-9-6-12(8-14-7-9)15-11-4-2-10(3-5-11)13(16)17/h2-8,15H,1H3,(H,16,17). The number of rotatable bonds is 3. The van der Waals surface area contributed by atoms with Crippen molar-refractivity contribution in [2.24, 2.45) is 0 Å². The molecule has 0 saturated carbocycles. The Kier molecular flexibility index (Phi) is 3.05. The number of hydrogen-bond donors (Lipinski definition) is 2. The third-order valence-corrected chi connectivity index (χ3v) is 2.30.